The fourth-order valence-electron chi connectivity index (χ4n) is 3.68. The van der Waals surface area contributed by atoms with Crippen molar-refractivity contribution in [2.75, 3.05) is 11.4 Å². The lowest BCUT2D eigenvalue weighted by molar-refractivity contribution is -0.119. The predicted molar refractivity (Wildman–Crippen MR) is 96.0 cm³/mol. The largest absolute Gasteiger partial charge is 0.311 e. The summed E-state index contributed by atoms with van der Waals surface area (Å²) in [6.45, 7) is 2.82. The molecule has 0 spiro atoms. The van der Waals surface area contributed by atoms with Gasteiger partial charge in [0.1, 0.15) is 0 Å². The Kier molecular flexibility index (Phi) is 3.89. The van der Waals surface area contributed by atoms with Crippen molar-refractivity contribution in [3.8, 4) is 0 Å². The van der Waals surface area contributed by atoms with Gasteiger partial charge in [0.2, 0.25) is 15.9 Å². The summed E-state index contributed by atoms with van der Waals surface area (Å²) in [6.07, 6.45) is 1.67. The van der Waals surface area contributed by atoms with Crippen molar-refractivity contribution in [1.82, 2.24) is 4.72 Å². The monoisotopic (exact) mass is 356 g/mol. The minimum atomic E-state index is -3.63. The first-order valence-corrected chi connectivity index (χ1v) is 9.97. The van der Waals surface area contributed by atoms with Crippen LogP contribution < -0.4 is 9.62 Å². The predicted octanol–water partition coefficient (Wildman–Crippen LogP) is 2.56. The number of amides is 1. The molecule has 0 saturated heterocycles. The highest BCUT2D eigenvalue weighted by atomic mass is 32.2. The molecule has 25 heavy (non-hydrogen) atoms. The maximum atomic E-state index is 12.8. The van der Waals surface area contributed by atoms with Gasteiger partial charge >= 0.3 is 0 Å². The van der Waals surface area contributed by atoms with E-state index in [9.17, 15) is 13.2 Å². The normalized spacial score (nSPS) is 19.2. The van der Waals surface area contributed by atoms with Gasteiger partial charge in [0.15, 0.2) is 0 Å². The van der Waals surface area contributed by atoms with Gasteiger partial charge in [0, 0.05) is 13.1 Å². The van der Waals surface area contributed by atoms with Crippen molar-refractivity contribution in [3.05, 3.63) is 59.2 Å². The molecule has 0 aromatic heterocycles. The van der Waals surface area contributed by atoms with Crippen LogP contribution >= 0.6 is 0 Å². The molecule has 2 aromatic carbocycles. The third kappa shape index (κ3) is 2.75. The highest BCUT2D eigenvalue weighted by molar-refractivity contribution is 7.89. The molecule has 2 heterocycles. The molecular weight excluding hydrogens is 336 g/mol. The Morgan fingerprint density at radius 1 is 1.20 bits per heavy atom. The molecule has 2 aliphatic heterocycles. The molecule has 0 saturated carbocycles. The van der Waals surface area contributed by atoms with E-state index in [0.29, 0.717) is 0 Å². The maximum Gasteiger partial charge on any atom is 0.240 e. The van der Waals surface area contributed by atoms with Gasteiger partial charge < -0.3 is 4.90 Å². The Morgan fingerprint density at radius 2 is 1.96 bits per heavy atom. The molecule has 5 nitrogen and oxygen atoms in total. The number of carbonyl (C=O) groups excluding carboxylic acids is 1. The van der Waals surface area contributed by atoms with E-state index < -0.39 is 10.0 Å². The number of hydrogen-bond donors (Lipinski definition) is 1. The highest BCUT2D eigenvalue weighted by Crippen LogP contribution is 2.43. The van der Waals surface area contributed by atoms with Crippen LogP contribution in [0.25, 0.3) is 0 Å². The molecule has 0 fully saturated rings. The molecule has 0 bridgehead atoms. The lowest BCUT2D eigenvalue weighted by Gasteiger charge is -2.26. The number of nitrogens with one attached hydrogen (secondary N) is 1. The van der Waals surface area contributed by atoms with Crippen molar-refractivity contribution in [3.63, 3.8) is 0 Å². The minimum absolute atomic E-state index is 0.0720. The van der Waals surface area contributed by atoms with Crippen molar-refractivity contribution in [2.45, 2.75) is 37.1 Å². The second kappa shape index (κ2) is 5.97. The molecule has 2 aliphatic rings. The van der Waals surface area contributed by atoms with Crippen LogP contribution in [0.1, 0.15) is 36.0 Å². The average molecular weight is 356 g/mol. The molecule has 4 rings (SSSR count). The van der Waals surface area contributed by atoms with Crippen LogP contribution in [0, 0.1) is 0 Å². The summed E-state index contributed by atoms with van der Waals surface area (Å²) < 4.78 is 28.2. The van der Waals surface area contributed by atoms with E-state index in [0.717, 1.165) is 41.8 Å². The smallest absolute Gasteiger partial charge is 0.240 e. The van der Waals surface area contributed by atoms with Crippen LogP contribution in [0.3, 0.4) is 0 Å². The molecule has 1 N–H and O–H groups in total. The van der Waals surface area contributed by atoms with E-state index >= 15 is 0 Å². The number of rotatable bonds is 4. The summed E-state index contributed by atoms with van der Waals surface area (Å²) in [5.41, 5.74) is 3.64. The van der Waals surface area contributed by atoms with E-state index in [4.69, 9.17) is 0 Å². The first-order valence-electron chi connectivity index (χ1n) is 8.49. The van der Waals surface area contributed by atoms with Gasteiger partial charge in [0.25, 0.3) is 0 Å². The molecule has 2 aromatic rings. The number of nitrogens with zero attached hydrogens (tertiary/aromatic N) is 1. The third-order valence-corrected chi connectivity index (χ3v) is 6.39. The van der Waals surface area contributed by atoms with E-state index in [1.54, 1.807) is 12.1 Å². The van der Waals surface area contributed by atoms with Gasteiger partial charge in [-0.3, -0.25) is 4.79 Å². The number of carbonyl (C=O) groups is 1. The van der Waals surface area contributed by atoms with Crippen LogP contribution in [0.4, 0.5) is 5.69 Å². The molecule has 0 aliphatic carbocycles. The molecule has 0 radical (unpaired) electrons. The van der Waals surface area contributed by atoms with Crippen LogP contribution in [0.2, 0.25) is 0 Å². The van der Waals surface area contributed by atoms with E-state index in [-0.39, 0.29) is 23.3 Å². The Balaban J connectivity index is 1.68. The SMILES string of the molecule is C[C@H]1C(=O)N2CCCc3cc(S(=O)(=O)NCc4ccccc4)cc1c32. The van der Waals surface area contributed by atoms with Crippen molar-refractivity contribution >= 4 is 21.6 Å². The van der Waals surface area contributed by atoms with Gasteiger partial charge in [-0.05, 0) is 48.6 Å². The zero-order valence-corrected chi connectivity index (χ0v) is 14.8. The number of anilines is 1. The van der Waals surface area contributed by atoms with Crippen LogP contribution in [0.5, 0.6) is 0 Å². The number of benzene rings is 2. The molecule has 0 unspecified atom stereocenters. The number of hydrogen-bond acceptors (Lipinski definition) is 3. The van der Waals surface area contributed by atoms with Crippen LogP contribution in [-0.2, 0) is 27.8 Å². The Bertz CT molecular complexity index is 939. The second-order valence-electron chi connectivity index (χ2n) is 6.65. The van der Waals surface area contributed by atoms with Gasteiger partial charge in [0.05, 0.1) is 16.5 Å². The Labute approximate surface area is 147 Å². The van der Waals surface area contributed by atoms with Crippen molar-refractivity contribution in [2.24, 2.45) is 0 Å². The number of aryl methyl sites for hydroxylation is 1. The van der Waals surface area contributed by atoms with Gasteiger partial charge in [-0.1, -0.05) is 30.3 Å². The third-order valence-electron chi connectivity index (χ3n) is 5.01. The van der Waals surface area contributed by atoms with Crippen LogP contribution in [-0.4, -0.2) is 20.9 Å². The summed E-state index contributed by atoms with van der Waals surface area (Å²) in [5.74, 6) is -0.209. The van der Waals surface area contributed by atoms with E-state index in [1.807, 2.05) is 42.2 Å². The highest BCUT2D eigenvalue weighted by Gasteiger charge is 2.38. The molecule has 6 heteroatoms. The minimum Gasteiger partial charge on any atom is -0.311 e. The summed E-state index contributed by atoms with van der Waals surface area (Å²) in [5, 5.41) is 0. The summed E-state index contributed by atoms with van der Waals surface area (Å²) in [7, 11) is -3.63. The molecule has 1 amide bonds. The zero-order chi connectivity index (χ0) is 17.6. The summed E-state index contributed by atoms with van der Waals surface area (Å²) in [6, 6.07) is 12.8. The van der Waals surface area contributed by atoms with Crippen molar-refractivity contribution < 1.29 is 13.2 Å². The summed E-state index contributed by atoms with van der Waals surface area (Å²) >= 11 is 0. The van der Waals surface area contributed by atoms with E-state index in [2.05, 4.69) is 4.72 Å². The fourth-order valence-corrected chi connectivity index (χ4v) is 4.78. The standard InChI is InChI=1S/C19H20N2O3S/c1-13-17-11-16(10-15-8-5-9-21(18(15)17)19(13)22)25(23,24)20-12-14-6-3-2-4-7-14/h2-4,6-7,10-11,13,20H,5,8-9,12H2,1H3/t13-/m1/s1. The topological polar surface area (TPSA) is 66.5 Å². The van der Waals surface area contributed by atoms with Crippen molar-refractivity contribution in [1.29, 1.82) is 0 Å². The second-order valence-corrected chi connectivity index (χ2v) is 8.41. The maximum absolute atomic E-state index is 12.8. The van der Waals surface area contributed by atoms with Gasteiger partial charge in [-0.15, -0.1) is 0 Å². The molecule has 130 valence electrons. The number of sulfonamides is 1. The zero-order valence-electron chi connectivity index (χ0n) is 14.0. The van der Waals surface area contributed by atoms with E-state index in [1.165, 1.54) is 0 Å². The first kappa shape index (κ1) is 16.3. The quantitative estimate of drug-likeness (QED) is 0.916. The lowest BCUT2D eigenvalue weighted by atomic mass is 9.97. The Morgan fingerprint density at radius 3 is 2.72 bits per heavy atom. The van der Waals surface area contributed by atoms with Gasteiger partial charge in [-0.2, -0.15) is 0 Å². The lowest BCUT2D eigenvalue weighted by Crippen LogP contribution is -2.32. The van der Waals surface area contributed by atoms with Gasteiger partial charge in [-0.25, -0.2) is 13.1 Å². The van der Waals surface area contributed by atoms with Crippen LogP contribution in [0.15, 0.2) is 47.4 Å². The molecule has 1 atom stereocenters. The Hall–Kier alpha value is -2.18. The summed E-state index contributed by atoms with van der Waals surface area (Å²) in [4.78, 5) is 14.5. The molecular formula is C19H20N2O3S. The first-order chi connectivity index (χ1) is 12.0. The average Bonchev–Trinajstić information content (AvgIpc) is 2.88. The fraction of sp³-hybridized carbons (Fsp3) is 0.316.